The van der Waals surface area contributed by atoms with Gasteiger partial charge in [-0.1, -0.05) is 182 Å². The first-order valence-electron chi connectivity index (χ1n) is 28.9. The normalized spacial score (nSPS) is 12.3. The van der Waals surface area contributed by atoms with Gasteiger partial charge >= 0.3 is 0 Å². The molecular weight excluding hydrogens is 1020 g/mol. The molecule has 0 bridgehead atoms. The van der Waals surface area contributed by atoms with Crippen LogP contribution in [0, 0.1) is 0 Å². The Bertz CT molecular complexity index is 5370. The van der Waals surface area contributed by atoms with Crippen molar-refractivity contribution < 1.29 is 0 Å². The highest BCUT2D eigenvalue weighted by Gasteiger charge is 2.27. The van der Waals surface area contributed by atoms with Crippen molar-refractivity contribution in [2.24, 2.45) is 0 Å². The summed E-state index contributed by atoms with van der Waals surface area (Å²) in [4.78, 5) is 0. The van der Waals surface area contributed by atoms with Crippen LogP contribution in [-0.4, -0.2) is 27.4 Å². The first-order chi connectivity index (χ1) is 41.7. The molecule has 19 aromatic rings. The lowest BCUT2D eigenvalue weighted by atomic mass is 10.1. The average molecular weight is 1070 g/mol. The number of hydrogen-bond acceptors (Lipinski definition) is 0. The molecule has 6 nitrogen and oxygen atoms in total. The highest BCUT2D eigenvalue weighted by atomic mass is 15.1. The van der Waals surface area contributed by atoms with Gasteiger partial charge < -0.3 is 27.4 Å². The van der Waals surface area contributed by atoms with Gasteiger partial charge in [0, 0.05) is 81.7 Å². The van der Waals surface area contributed by atoms with Gasteiger partial charge in [0.2, 0.25) is 0 Å². The molecule has 0 amide bonds. The Labute approximate surface area is 480 Å². The van der Waals surface area contributed by atoms with Crippen LogP contribution in [0.4, 0.5) is 0 Å². The second-order valence-electron chi connectivity index (χ2n) is 22.4. The van der Waals surface area contributed by atoms with E-state index in [1.165, 1.54) is 97.7 Å². The maximum Gasteiger partial charge on any atom is 0.0641 e. The van der Waals surface area contributed by atoms with Crippen molar-refractivity contribution in [1.82, 2.24) is 27.4 Å². The SMILES string of the molecule is c1ccc(-n2c3ccccc3c3ccc4c(c5ccccc5n4-c4cc(-n5c6ccccc6c6c5ccc5c7ccccc7n(-c7ccccc7)c56)cc(-n5c6ccccc6c6c5ccc5c7ccccc7n(-c7ccccc7)c56)c4)c32)cc1. The summed E-state index contributed by atoms with van der Waals surface area (Å²) in [6.45, 7) is 0. The van der Waals surface area contributed by atoms with Crippen LogP contribution in [0.15, 0.2) is 291 Å². The summed E-state index contributed by atoms with van der Waals surface area (Å²) in [6.07, 6.45) is 0. The van der Waals surface area contributed by atoms with Crippen LogP contribution in [0.5, 0.6) is 0 Å². The van der Waals surface area contributed by atoms with Gasteiger partial charge in [-0.3, -0.25) is 0 Å². The molecule has 6 heteroatoms. The van der Waals surface area contributed by atoms with Crippen LogP contribution in [-0.2, 0) is 0 Å². The molecule has 0 fully saturated rings. The van der Waals surface area contributed by atoms with Crippen molar-refractivity contribution in [3.05, 3.63) is 291 Å². The molecule has 0 N–H and O–H groups in total. The van der Waals surface area contributed by atoms with Crippen molar-refractivity contribution in [2.75, 3.05) is 0 Å². The number of para-hydroxylation sites is 9. The van der Waals surface area contributed by atoms with E-state index in [-0.39, 0.29) is 0 Å². The lowest BCUT2D eigenvalue weighted by Gasteiger charge is -2.17. The first kappa shape index (κ1) is 45.4. The summed E-state index contributed by atoms with van der Waals surface area (Å²) in [5.41, 5.74) is 20.6. The van der Waals surface area contributed by atoms with Crippen molar-refractivity contribution >= 4 is 131 Å². The maximum atomic E-state index is 2.53. The fourth-order valence-electron chi connectivity index (χ4n) is 14.9. The van der Waals surface area contributed by atoms with Crippen LogP contribution in [0.2, 0.25) is 0 Å². The molecule has 0 atom stereocenters. The zero-order chi connectivity index (χ0) is 54.7. The smallest absolute Gasteiger partial charge is 0.0641 e. The lowest BCUT2D eigenvalue weighted by molar-refractivity contribution is 1.10. The summed E-state index contributed by atoms with van der Waals surface area (Å²) >= 11 is 0. The van der Waals surface area contributed by atoms with Gasteiger partial charge in [-0.05, 0) is 109 Å². The summed E-state index contributed by atoms with van der Waals surface area (Å²) in [7, 11) is 0. The Morgan fingerprint density at radius 1 is 0.143 bits per heavy atom. The van der Waals surface area contributed by atoms with E-state index in [9.17, 15) is 0 Å². The van der Waals surface area contributed by atoms with Gasteiger partial charge in [-0.15, -0.1) is 0 Å². The van der Waals surface area contributed by atoms with E-state index in [1.54, 1.807) is 0 Å². The third kappa shape index (κ3) is 6.07. The van der Waals surface area contributed by atoms with Crippen molar-refractivity contribution in [3.8, 4) is 34.1 Å². The van der Waals surface area contributed by atoms with Gasteiger partial charge in [0.15, 0.2) is 0 Å². The van der Waals surface area contributed by atoms with Gasteiger partial charge in [0.25, 0.3) is 0 Å². The fraction of sp³-hybridized carbons (Fsp3) is 0. The van der Waals surface area contributed by atoms with Crippen LogP contribution in [0.25, 0.3) is 165 Å². The van der Waals surface area contributed by atoms with E-state index in [0.717, 1.165) is 67.2 Å². The van der Waals surface area contributed by atoms with Crippen LogP contribution in [0.3, 0.4) is 0 Å². The van der Waals surface area contributed by atoms with E-state index in [0.29, 0.717) is 0 Å². The summed E-state index contributed by atoms with van der Waals surface area (Å²) < 4.78 is 15.0. The number of fused-ring (bicyclic) bond motifs is 21. The molecule has 0 aliphatic heterocycles. The molecule has 0 aliphatic carbocycles. The summed E-state index contributed by atoms with van der Waals surface area (Å²) in [5, 5.41) is 14.6. The molecule has 0 saturated carbocycles. The van der Waals surface area contributed by atoms with Gasteiger partial charge in [-0.2, -0.15) is 0 Å². The Hall–Kier alpha value is -11.3. The minimum absolute atomic E-state index is 1.06. The standard InChI is InChI=1S/C78H48N6/c1-4-22-49(23-5-1)82-64-34-16-10-28-55(64)58-40-43-70-73(76(58)82)61-31-13-19-37-67(61)79(70)52-46-53(80-68-38-20-14-32-62(68)74-71(80)44-41-59-56-29-11-17-35-65(56)83(77(59)74)50-24-6-2-7-25-50)48-54(47-52)81-69-39-21-15-33-63(69)75-72(81)45-42-60-57-30-12-18-36-66(57)84(78(60)75)51-26-8-3-9-27-51/h1-48H. The molecule has 0 saturated heterocycles. The van der Waals surface area contributed by atoms with Crippen LogP contribution in [0.1, 0.15) is 0 Å². The predicted octanol–water partition coefficient (Wildman–Crippen LogP) is 20.3. The fourth-order valence-corrected chi connectivity index (χ4v) is 14.9. The summed E-state index contributed by atoms with van der Waals surface area (Å²) in [6, 6.07) is 108. The molecule has 6 heterocycles. The Kier molecular flexibility index (Phi) is 9.24. The third-order valence-corrected chi connectivity index (χ3v) is 18.1. The molecular formula is C78H48N6. The molecule has 19 rings (SSSR count). The highest BCUT2D eigenvalue weighted by molar-refractivity contribution is 6.29. The first-order valence-corrected chi connectivity index (χ1v) is 28.9. The molecule has 0 spiro atoms. The molecule has 0 radical (unpaired) electrons. The van der Waals surface area contributed by atoms with Crippen molar-refractivity contribution in [3.63, 3.8) is 0 Å². The highest BCUT2D eigenvalue weighted by Crippen LogP contribution is 2.47. The predicted molar refractivity (Wildman–Crippen MR) is 352 cm³/mol. The van der Waals surface area contributed by atoms with E-state index in [4.69, 9.17) is 0 Å². The summed E-state index contributed by atoms with van der Waals surface area (Å²) in [5.74, 6) is 0. The maximum absolute atomic E-state index is 2.53. The van der Waals surface area contributed by atoms with Crippen LogP contribution >= 0.6 is 0 Å². The molecule has 13 aromatic carbocycles. The number of hydrogen-bond donors (Lipinski definition) is 0. The zero-order valence-corrected chi connectivity index (χ0v) is 45.4. The Balaban J connectivity index is 0.977. The number of rotatable bonds is 6. The lowest BCUT2D eigenvalue weighted by Crippen LogP contribution is -2.03. The topological polar surface area (TPSA) is 29.6 Å². The zero-order valence-electron chi connectivity index (χ0n) is 45.4. The van der Waals surface area contributed by atoms with Gasteiger partial charge in [0.05, 0.1) is 83.3 Å². The molecule has 0 unspecified atom stereocenters. The number of aromatic nitrogens is 6. The third-order valence-electron chi connectivity index (χ3n) is 18.1. The van der Waals surface area contributed by atoms with Crippen molar-refractivity contribution in [1.29, 1.82) is 0 Å². The second kappa shape index (κ2) is 17.1. The quantitative estimate of drug-likeness (QED) is 0.159. The Morgan fingerprint density at radius 2 is 0.369 bits per heavy atom. The second-order valence-corrected chi connectivity index (χ2v) is 22.4. The number of benzene rings is 13. The average Bonchev–Trinajstić information content (AvgIpc) is 3.62. The minimum Gasteiger partial charge on any atom is -0.309 e. The molecule has 0 aliphatic rings. The van der Waals surface area contributed by atoms with E-state index in [2.05, 4.69) is 319 Å². The van der Waals surface area contributed by atoms with Crippen LogP contribution < -0.4 is 0 Å². The minimum atomic E-state index is 1.06. The monoisotopic (exact) mass is 1070 g/mol. The largest absolute Gasteiger partial charge is 0.309 e. The molecule has 84 heavy (non-hydrogen) atoms. The van der Waals surface area contributed by atoms with E-state index < -0.39 is 0 Å². The van der Waals surface area contributed by atoms with Crippen molar-refractivity contribution in [2.45, 2.75) is 0 Å². The van der Waals surface area contributed by atoms with Gasteiger partial charge in [-0.25, -0.2) is 0 Å². The molecule has 390 valence electrons. The number of nitrogens with zero attached hydrogens (tertiary/aromatic N) is 6. The van der Waals surface area contributed by atoms with Gasteiger partial charge in [0.1, 0.15) is 0 Å². The molecule has 6 aromatic heterocycles. The van der Waals surface area contributed by atoms with E-state index in [1.807, 2.05) is 0 Å². The Morgan fingerprint density at radius 3 is 0.643 bits per heavy atom. The van der Waals surface area contributed by atoms with E-state index >= 15 is 0 Å².